The number of nitrogens with one attached hydrogen (secondary N) is 14. The van der Waals surface area contributed by atoms with Gasteiger partial charge in [-0.1, -0.05) is 88.5 Å². The van der Waals surface area contributed by atoms with Crippen LogP contribution < -0.4 is 126 Å². The number of hydrogen-bond acceptors (Lipinski definition) is 24. The van der Waals surface area contributed by atoms with E-state index >= 15 is 0 Å². The Morgan fingerprint density at radius 3 is 1.27 bits per heavy atom. The predicted octanol–water partition coefficient (Wildman–Crippen LogP) is -6.32. The predicted molar refractivity (Wildman–Crippen MR) is 481 cm³/mol. The van der Waals surface area contributed by atoms with Gasteiger partial charge < -0.3 is 141 Å². The van der Waals surface area contributed by atoms with Gasteiger partial charge in [-0.15, -0.1) is 0 Å². The van der Waals surface area contributed by atoms with Gasteiger partial charge in [-0.2, -0.15) is 0 Å². The number of aliphatic imine (C=N–C) groups is 2. The Morgan fingerprint density at radius 1 is 0.388 bits per heavy atom. The Hall–Kier alpha value is -11.2. The highest BCUT2D eigenvalue weighted by Crippen LogP contribution is 2.27. The number of rotatable bonds is 62. The molecule has 17 atom stereocenters. The number of carboxylic acids is 1. The summed E-state index contributed by atoms with van der Waals surface area (Å²) in [5.74, 6) is -17.6. The third kappa shape index (κ3) is 41.4. The standard InChI is InChI=1S/C83H151N27O19/c1-13-47(9)65(76(123)96-42-61(112)97-49(11)67(114)98-50(12)68(115)100-52(26-16-19-35-85)71(118)101-54(28-21-37-93-82(89)90)73(120)105-63(45(5)6)77(124)106-64(46(7)8)78(125)108-66(81(128)129)48(10)14-2)107-74(121)55(32-33-60(88)111)99-62(113)43-95-70(117)57(41-44(3)4)104-72(119)53(27-17-20-36-86)102-75(122)58-30-23-39-109(58)80(127)59-31-24-40-110(59)79(126)56(29-22-38-94-83(91)92)103-69(116)51(87)25-15-18-34-84/h44-59,63-66H,13-43,84-87H2,1-12H3,(H2,88,111)(H,95,117)(H,96,123)(H,97,112)(H,98,114)(H,99,113)(H,100,115)(H,101,118)(H,102,122)(H,103,116)(H,104,119)(H,105,120)(H,106,124)(H,107,121)(H,108,125)(H,128,129)(H4,89,90,93)(H4,91,92,94)/t47-,48-,49-,50-,51-,52-,53-,54-,55-,56-,57-,58-,59-,63-,64-,65-,66-/m0/s1. The van der Waals surface area contributed by atoms with Crippen LogP contribution in [0.2, 0.25) is 0 Å². The van der Waals surface area contributed by atoms with E-state index in [0.29, 0.717) is 77.2 Å². The monoisotopic (exact) mass is 1830 g/mol. The largest absolute Gasteiger partial charge is 0.480 e. The minimum absolute atomic E-state index is 0.0143. The van der Waals surface area contributed by atoms with Crippen LogP contribution >= 0.6 is 0 Å². The molecule has 0 bridgehead atoms. The van der Waals surface area contributed by atoms with Crippen molar-refractivity contribution in [1.29, 1.82) is 0 Å². The highest BCUT2D eigenvalue weighted by Gasteiger charge is 2.46. The van der Waals surface area contributed by atoms with E-state index in [1.54, 1.807) is 69.2 Å². The fourth-order valence-electron chi connectivity index (χ4n) is 14.3. The van der Waals surface area contributed by atoms with Crippen LogP contribution in [0.15, 0.2) is 9.98 Å². The van der Waals surface area contributed by atoms with Gasteiger partial charge in [0.05, 0.1) is 19.1 Å². The van der Waals surface area contributed by atoms with Crippen LogP contribution in [-0.2, 0) is 86.3 Å². The molecule has 129 heavy (non-hydrogen) atoms. The molecular weight excluding hydrogens is 1680 g/mol. The van der Waals surface area contributed by atoms with Gasteiger partial charge in [0.15, 0.2) is 11.9 Å². The van der Waals surface area contributed by atoms with E-state index in [9.17, 15) is 91.4 Å². The molecule has 0 radical (unpaired) electrons. The lowest BCUT2D eigenvalue weighted by molar-refractivity contribution is -0.148. The minimum Gasteiger partial charge on any atom is -0.480 e. The summed E-state index contributed by atoms with van der Waals surface area (Å²) in [6, 6.07) is -18.9. The van der Waals surface area contributed by atoms with Gasteiger partial charge in [0, 0.05) is 32.6 Å². The van der Waals surface area contributed by atoms with Crippen molar-refractivity contribution in [3.05, 3.63) is 0 Å². The Labute approximate surface area is 755 Å². The number of amides is 17. The summed E-state index contributed by atoms with van der Waals surface area (Å²) in [6.45, 7) is 19.2. The van der Waals surface area contributed by atoms with E-state index in [-0.39, 0.29) is 115 Å². The molecule has 0 aromatic heterocycles. The van der Waals surface area contributed by atoms with Crippen molar-refractivity contribution in [2.24, 2.45) is 91.2 Å². The molecule has 0 unspecified atom stereocenters. The number of carbonyl (C=O) groups excluding carboxylic acids is 17. The average Bonchev–Trinajstić information content (AvgIpc) is 1.67. The number of nitrogens with zero attached hydrogens (tertiary/aromatic N) is 4. The third-order valence-corrected chi connectivity index (χ3v) is 22.4. The molecule has 46 heteroatoms. The number of unbranched alkanes of at least 4 members (excludes halogenated alkanes) is 3. The van der Waals surface area contributed by atoms with Gasteiger partial charge in [0.2, 0.25) is 100 Å². The van der Waals surface area contributed by atoms with Crippen molar-refractivity contribution >= 4 is 118 Å². The molecule has 732 valence electrons. The summed E-state index contributed by atoms with van der Waals surface area (Å²) >= 11 is 0. The van der Waals surface area contributed by atoms with Crippen LogP contribution in [0.25, 0.3) is 0 Å². The SMILES string of the molecule is CC[C@H](C)[C@H](NC(=O)[C@@H](NC(=O)[C@@H](NC(=O)[C@H](CCCN=C(N)N)NC(=O)[C@H](CCCCN)NC(=O)[C@H](C)NC(=O)[C@H](C)NC(=O)CNC(=O)[C@@H](NC(=O)[C@H](CCC(N)=O)NC(=O)CNC(=O)[C@H](CC(C)C)NC(=O)[C@H](CCCCN)NC(=O)[C@@H]1CCCN1C(=O)[C@@H]1CCCN1C(=O)[C@H](CCCN=C(N)N)NC(=O)[C@@H](N)CCCCN)[C@@H](C)CC)C(C)C)C(C)C)C(=O)O. The molecule has 0 saturated carbocycles. The Balaban J connectivity index is 2.25. The van der Waals surface area contributed by atoms with Gasteiger partial charge in [0.1, 0.15) is 84.6 Å². The summed E-state index contributed by atoms with van der Waals surface area (Å²) in [5, 5.41) is 46.0. The van der Waals surface area contributed by atoms with Crippen LogP contribution in [0.5, 0.6) is 0 Å². The molecule has 2 aliphatic heterocycles. The second-order valence-electron chi connectivity index (χ2n) is 34.3. The Bertz CT molecular complexity index is 3770. The maximum atomic E-state index is 14.6. The molecule has 2 heterocycles. The molecule has 2 saturated heterocycles. The number of guanidine groups is 2. The zero-order valence-corrected chi connectivity index (χ0v) is 77.2. The number of aliphatic carboxylic acids is 1. The van der Waals surface area contributed by atoms with Gasteiger partial charge in [-0.25, -0.2) is 4.79 Å². The van der Waals surface area contributed by atoms with Crippen LogP contribution in [0.4, 0.5) is 0 Å². The fraction of sp³-hybridized carbons (Fsp3) is 0.759. The van der Waals surface area contributed by atoms with E-state index in [1.165, 1.54) is 23.6 Å². The van der Waals surface area contributed by atoms with Gasteiger partial charge in [-0.3, -0.25) is 91.5 Å². The molecule has 2 rings (SSSR count). The topological polar surface area (TPSA) is 761 Å². The molecular formula is C83H151N27O19. The lowest BCUT2D eigenvalue weighted by Crippen LogP contribution is -2.61. The van der Waals surface area contributed by atoms with Crippen LogP contribution in [0.3, 0.4) is 0 Å². The second kappa shape index (κ2) is 59.9. The van der Waals surface area contributed by atoms with Crippen molar-refractivity contribution in [2.75, 3.05) is 58.9 Å². The maximum Gasteiger partial charge on any atom is 0.326 e. The molecule has 2 aliphatic rings. The van der Waals surface area contributed by atoms with E-state index in [0.717, 1.165) is 0 Å². The first-order chi connectivity index (χ1) is 60.8. The Morgan fingerprint density at radius 2 is 0.783 bits per heavy atom. The van der Waals surface area contributed by atoms with Crippen molar-refractivity contribution in [2.45, 2.75) is 315 Å². The van der Waals surface area contributed by atoms with Gasteiger partial charge >= 0.3 is 5.97 Å². The molecule has 2 fully saturated rings. The normalized spacial score (nSPS) is 17.1. The van der Waals surface area contributed by atoms with Gasteiger partial charge in [-0.05, 0) is 179 Å². The quantitative estimate of drug-likeness (QED) is 0.0153. The molecule has 46 nitrogen and oxygen atoms in total. The molecule has 17 amide bonds. The van der Waals surface area contributed by atoms with Crippen LogP contribution in [-0.4, -0.2) is 283 Å². The maximum absolute atomic E-state index is 14.6. The number of carboxylic acid groups (broad SMARTS) is 1. The Kier molecular flexibility index (Phi) is 52.9. The molecule has 0 aromatic carbocycles. The van der Waals surface area contributed by atoms with Crippen LogP contribution in [0.1, 0.15) is 224 Å². The molecule has 0 aliphatic carbocycles. The summed E-state index contributed by atoms with van der Waals surface area (Å²) in [7, 11) is 0. The number of carbonyl (C=O) groups is 18. The number of hydrogen-bond donors (Lipinski definition) is 24. The fourth-order valence-corrected chi connectivity index (χ4v) is 14.3. The summed E-state index contributed by atoms with van der Waals surface area (Å²) in [6.07, 6.45) is 4.70. The lowest BCUT2D eigenvalue weighted by Gasteiger charge is -2.33. The summed E-state index contributed by atoms with van der Waals surface area (Å²) in [4.78, 5) is 259. The van der Waals surface area contributed by atoms with Crippen molar-refractivity contribution in [3.8, 4) is 0 Å². The lowest BCUT2D eigenvalue weighted by atomic mass is 9.96. The smallest absolute Gasteiger partial charge is 0.326 e. The number of likely N-dealkylation sites (tertiary alicyclic amines) is 2. The van der Waals surface area contributed by atoms with E-state index in [1.807, 2.05) is 0 Å². The second-order valence-corrected chi connectivity index (χ2v) is 34.3. The minimum atomic E-state index is -1.56. The van der Waals surface area contributed by atoms with Crippen molar-refractivity contribution in [1.82, 2.24) is 84.2 Å². The van der Waals surface area contributed by atoms with E-state index in [2.05, 4.69) is 84.4 Å². The van der Waals surface area contributed by atoms with Crippen molar-refractivity contribution in [3.63, 3.8) is 0 Å². The molecule has 0 spiro atoms. The highest BCUT2D eigenvalue weighted by molar-refractivity contribution is 6.01. The number of primary amides is 1. The van der Waals surface area contributed by atoms with Gasteiger partial charge in [0.25, 0.3) is 0 Å². The summed E-state index contributed by atoms with van der Waals surface area (Å²) < 4.78 is 0. The third-order valence-electron chi connectivity index (χ3n) is 22.4. The first-order valence-corrected chi connectivity index (χ1v) is 45.1. The first kappa shape index (κ1) is 114. The van der Waals surface area contributed by atoms with E-state index in [4.69, 9.17) is 51.6 Å². The van der Waals surface area contributed by atoms with Crippen LogP contribution in [0, 0.1) is 29.6 Å². The zero-order chi connectivity index (χ0) is 97.5. The number of nitrogens with two attached hydrogens (primary N) is 9. The average molecular weight is 1830 g/mol. The molecule has 0 aromatic rings. The van der Waals surface area contributed by atoms with Crippen molar-refractivity contribution < 1.29 is 91.4 Å². The zero-order valence-electron chi connectivity index (χ0n) is 77.2. The molecule has 33 N–H and O–H groups in total. The van der Waals surface area contributed by atoms with E-state index < -0.39 is 247 Å². The highest BCUT2D eigenvalue weighted by atomic mass is 16.4. The first-order valence-electron chi connectivity index (χ1n) is 45.1. The summed E-state index contributed by atoms with van der Waals surface area (Å²) in [5.41, 5.74) is 51.1.